The molecule has 10 heteroatoms. The summed E-state index contributed by atoms with van der Waals surface area (Å²) in [6.07, 6.45) is 4.94. The highest BCUT2D eigenvalue weighted by Crippen LogP contribution is 2.25. The molecular weight excluding hydrogens is 462 g/mol. The number of methoxy groups -OCH3 is 1. The maximum Gasteiger partial charge on any atom is 0.335 e. The summed E-state index contributed by atoms with van der Waals surface area (Å²) in [6, 6.07) is 15.8. The summed E-state index contributed by atoms with van der Waals surface area (Å²) in [6.45, 7) is 1.29. The molecule has 0 aliphatic rings. The molecule has 0 radical (unpaired) electrons. The number of hydrogen-bond donors (Lipinski definition) is 2. The number of carbonyl (C=O) groups excluding carboxylic acids is 1. The minimum absolute atomic E-state index is 0.221. The Bertz CT molecular complexity index is 1570. The molecule has 5 aromatic rings. The van der Waals surface area contributed by atoms with Crippen LogP contribution in [0, 0.1) is 0 Å². The molecule has 5 rings (SSSR count). The number of ether oxygens (including phenoxy) is 2. The predicted molar refractivity (Wildman–Crippen MR) is 133 cm³/mol. The normalized spacial score (nSPS) is 11.1. The lowest BCUT2D eigenvalue weighted by atomic mass is 10.1. The van der Waals surface area contributed by atoms with Crippen molar-refractivity contribution in [2.24, 2.45) is 0 Å². The number of pyridine rings is 1. The number of benzene rings is 2. The van der Waals surface area contributed by atoms with Crippen LogP contribution in [-0.4, -0.2) is 56.5 Å². The van der Waals surface area contributed by atoms with E-state index in [0.717, 1.165) is 16.5 Å². The molecule has 36 heavy (non-hydrogen) atoms. The van der Waals surface area contributed by atoms with Crippen LogP contribution in [0.1, 0.15) is 26.4 Å². The van der Waals surface area contributed by atoms with Crippen molar-refractivity contribution in [3.05, 3.63) is 90.0 Å². The number of fused-ring (bicyclic) bond motifs is 2. The third-order valence-electron chi connectivity index (χ3n) is 5.72. The monoisotopic (exact) mass is 485 g/mol. The fraction of sp³-hybridized carbons (Fsp3) is 0.154. The van der Waals surface area contributed by atoms with Gasteiger partial charge in [-0.2, -0.15) is 5.10 Å². The van der Waals surface area contributed by atoms with Crippen LogP contribution in [-0.2, 0) is 11.3 Å². The Kier molecular flexibility index (Phi) is 6.33. The molecule has 1 amide bonds. The van der Waals surface area contributed by atoms with Gasteiger partial charge in [-0.3, -0.25) is 13.9 Å². The third kappa shape index (κ3) is 4.62. The van der Waals surface area contributed by atoms with E-state index in [2.05, 4.69) is 15.4 Å². The van der Waals surface area contributed by atoms with Crippen molar-refractivity contribution >= 4 is 34.1 Å². The molecule has 0 saturated carbocycles. The van der Waals surface area contributed by atoms with Gasteiger partial charge in [0.05, 0.1) is 42.3 Å². The standard InChI is InChI=1S/C26H23N5O5/c1-35-10-11-36-19-8-9-30-23(15-27-24(30)13-19)25(32)29-21-6-3-7-22-20(21)14-28-31(22)16-17-4-2-5-18(12-17)26(33)34/h2-9,12-15H,10-11,16H2,1H3,(H,29,32)(H,33,34). The van der Waals surface area contributed by atoms with Crippen LogP contribution in [0.2, 0.25) is 0 Å². The Labute approximate surface area is 205 Å². The van der Waals surface area contributed by atoms with Gasteiger partial charge in [0, 0.05) is 24.8 Å². The van der Waals surface area contributed by atoms with Gasteiger partial charge in [-0.1, -0.05) is 18.2 Å². The van der Waals surface area contributed by atoms with E-state index in [-0.39, 0.29) is 11.5 Å². The van der Waals surface area contributed by atoms with Crippen molar-refractivity contribution < 1.29 is 24.2 Å². The smallest absolute Gasteiger partial charge is 0.335 e. The van der Waals surface area contributed by atoms with Crippen LogP contribution >= 0.6 is 0 Å². The molecule has 0 aliphatic carbocycles. The number of hydrogen-bond acceptors (Lipinski definition) is 6. The molecule has 2 aromatic carbocycles. The molecule has 2 N–H and O–H groups in total. The minimum Gasteiger partial charge on any atom is -0.491 e. The number of nitrogens with one attached hydrogen (secondary N) is 1. The molecule has 0 unspecified atom stereocenters. The number of amides is 1. The van der Waals surface area contributed by atoms with E-state index in [0.29, 0.717) is 42.5 Å². The Morgan fingerprint density at radius 1 is 1.06 bits per heavy atom. The number of anilines is 1. The second-order valence-corrected chi connectivity index (χ2v) is 8.08. The molecule has 0 spiro atoms. The van der Waals surface area contributed by atoms with Gasteiger partial charge in [0.2, 0.25) is 0 Å². The molecule has 0 aliphatic heterocycles. The largest absolute Gasteiger partial charge is 0.491 e. The Hall–Kier alpha value is -4.70. The highest BCUT2D eigenvalue weighted by atomic mass is 16.5. The number of carboxylic acid groups (broad SMARTS) is 1. The number of aromatic nitrogens is 4. The van der Waals surface area contributed by atoms with Gasteiger partial charge in [0.1, 0.15) is 23.7 Å². The summed E-state index contributed by atoms with van der Waals surface area (Å²) in [4.78, 5) is 28.7. The maximum absolute atomic E-state index is 13.1. The zero-order chi connectivity index (χ0) is 25.1. The van der Waals surface area contributed by atoms with Gasteiger partial charge < -0.3 is 19.9 Å². The molecule has 0 fully saturated rings. The quantitative estimate of drug-likeness (QED) is 0.305. The Balaban J connectivity index is 1.37. The average molecular weight is 486 g/mol. The minimum atomic E-state index is -0.977. The van der Waals surface area contributed by atoms with E-state index >= 15 is 0 Å². The molecule has 3 aromatic heterocycles. The van der Waals surface area contributed by atoms with E-state index in [4.69, 9.17) is 9.47 Å². The van der Waals surface area contributed by atoms with Crippen molar-refractivity contribution in [1.29, 1.82) is 0 Å². The molecule has 0 saturated heterocycles. The lowest BCUT2D eigenvalue weighted by molar-refractivity contribution is 0.0696. The number of rotatable bonds is 9. The summed E-state index contributed by atoms with van der Waals surface area (Å²) in [7, 11) is 1.61. The van der Waals surface area contributed by atoms with E-state index in [9.17, 15) is 14.7 Å². The third-order valence-corrected chi connectivity index (χ3v) is 5.72. The fourth-order valence-corrected chi connectivity index (χ4v) is 3.96. The van der Waals surface area contributed by atoms with Crippen LogP contribution in [0.15, 0.2) is 73.2 Å². The first kappa shape index (κ1) is 23.1. The van der Waals surface area contributed by atoms with E-state index in [1.165, 1.54) is 6.20 Å². The second kappa shape index (κ2) is 9.88. The SMILES string of the molecule is COCCOc1ccn2c(C(=O)Nc3cccc4c3cnn4Cc3cccc(C(=O)O)c3)cnc2c1. The highest BCUT2D eigenvalue weighted by Gasteiger charge is 2.16. The van der Waals surface area contributed by atoms with Crippen LogP contribution in [0.25, 0.3) is 16.6 Å². The Morgan fingerprint density at radius 3 is 2.75 bits per heavy atom. The van der Waals surface area contributed by atoms with Gasteiger partial charge in [0.25, 0.3) is 5.91 Å². The topological polar surface area (TPSA) is 120 Å². The maximum atomic E-state index is 13.1. The Morgan fingerprint density at radius 2 is 1.92 bits per heavy atom. The molecular formula is C26H23N5O5. The first-order valence-electron chi connectivity index (χ1n) is 11.2. The van der Waals surface area contributed by atoms with Crippen molar-refractivity contribution in [1.82, 2.24) is 19.2 Å². The first-order chi connectivity index (χ1) is 17.5. The fourth-order valence-electron chi connectivity index (χ4n) is 3.96. The lowest BCUT2D eigenvalue weighted by Crippen LogP contribution is -2.14. The van der Waals surface area contributed by atoms with Gasteiger partial charge in [-0.15, -0.1) is 0 Å². The molecule has 0 bridgehead atoms. The van der Waals surface area contributed by atoms with E-state index < -0.39 is 5.97 Å². The first-order valence-corrected chi connectivity index (χ1v) is 11.2. The molecule has 10 nitrogen and oxygen atoms in total. The van der Waals surface area contributed by atoms with E-state index in [1.807, 2.05) is 24.3 Å². The van der Waals surface area contributed by atoms with Crippen molar-refractivity contribution in [2.75, 3.05) is 25.6 Å². The van der Waals surface area contributed by atoms with Gasteiger partial charge in [-0.05, 0) is 35.9 Å². The van der Waals surface area contributed by atoms with Crippen molar-refractivity contribution in [3.63, 3.8) is 0 Å². The van der Waals surface area contributed by atoms with Crippen LogP contribution < -0.4 is 10.1 Å². The van der Waals surface area contributed by atoms with Crippen LogP contribution in [0.5, 0.6) is 5.75 Å². The number of nitrogens with zero attached hydrogens (tertiary/aromatic N) is 4. The van der Waals surface area contributed by atoms with Gasteiger partial charge >= 0.3 is 5.97 Å². The summed E-state index contributed by atoms with van der Waals surface area (Å²) in [5.41, 5.74) is 3.42. The highest BCUT2D eigenvalue weighted by molar-refractivity contribution is 6.08. The molecule has 3 heterocycles. The van der Waals surface area contributed by atoms with Crippen molar-refractivity contribution in [3.8, 4) is 5.75 Å². The van der Waals surface area contributed by atoms with Gasteiger partial charge in [0.15, 0.2) is 0 Å². The predicted octanol–water partition coefficient (Wildman–Crippen LogP) is 3.71. The second-order valence-electron chi connectivity index (χ2n) is 8.08. The van der Waals surface area contributed by atoms with Gasteiger partial charge in [-0.25, -0.2) is 9.78 Å². The summed E-state index contributed by atoms with van der Waals surface area (Å²) < 4.78 is 14.1. The summed E-state index contributed by atoms with van der Waals surface area (Å²) in [5.74, 6) is -0.650. The average Bonchev–Trinajstić information content (AvgIpc) is 3.49. The summed E-state index contributed by atoms with van der Waals surface area (Å²) >= 11 is 0. The zero-order valence-electron chi connectivity index (χ0n) is 19.4. The number of imidazole rings is 1. The zero-order valence-corrected chi connectivity index (χ0v) is 19.4. The van der Waals surface area contributed by atoms with E-state index in [1.54, 1.807) is 58.9 Å². The van der Waals surface area contributed by atoms with Crippen molar-refractivity contribution in [2.45, 2.75) is 6.54 Å². The van der Waals surface area contributed by atoms with Crippen LogP contribution in [0.4, 0.5) is 5.69 Å². The number of carboxylic acids is 1. The van der Waals surface area contributed by atoms with Crippen LogP contribution in [0.3, 0.4) is 0 Å². The molecule has 0 atom stereocenters. The molecule has 182 valence electrons. The summed E-state index contributed by atoms with van der Waals surface area (Å²) in [5, 5.41) is 17.4. The number of carbonyl (C=O) groups is 2. The lowest BCUT2D eigenvalue weighted by Gasteiger charge is -2.09. The number of aromatic carboxylic acids is 1.